The molecular weight excluding hydrogens is 282 g/mol. The molecule has 0 aromatic heterocycles. The third-order valence-corrected chi connectivity index (χ3v) is 4.80. The van der Waals surface area contributed by atoms with E-state index in [1.165, 1.54) is 12.8 Å². The topological polar surface area (TPSA) is 58.4 Å². The van der Waals surface area contributed by atoms with E-state index in [1.807, 2.05) is 0 Å². The SMILES string of the molecule is CCCC(CCC)(C(=O)NCCN(CC)C1CC1)C(N)=S. The van der Waals surface area contributed by atoms with Gasteiger partial charge in [-0.3, -0.25) is 9.69 Å². The second kappa shape index (κ2) is 8.69. The molecule has 0 heterocycles. The number of nitrogens with two attached hydrogens (primary N) is 1. The van der Waals surface area contributed by atoms with Crippen LogP contribution in [0.4, 0.5) is 0 Å². The van der Waals surface area contributed by atoms with Crippen molar-refractivity contribution in [1.82, 2.24) is 10.2 Å². The summed E-state index contributed by atoms with van der Waals surface area (Å²) in [5.41, 5.74) is 5.26. The molecule has 1 rings (SSSR count). The fourth-order valence-electron chi connectivity index (χ4n) is 3.08. The molecule has 0 saturated heterocycles. The predicted molar refractivity (Wildman–Crippen MR) is 92.3 cm³/mol. The van der Waals surface area contributed by atoms with Crippen LogP contribution in [0.25, 0.3) is 0 Å². The van der Waals surface area contributed by atoms with Crippen molar-refractivity contribution in [2.45, 2.75) is 65.3 Å². The third-order valence-electron chi connectivity index (χ3n) is 4.41. The average molecular weight is 314 g/mol. The van der Waals surface area contributed by atoms with Gasteiger partial charge in [-0.2, -0.15) is 0 Å². The maximum absolute atomic E-state index is 12.6. The Morgan fingerprint density at radius 3 is 2.24 bits per heavy atom. The number of carbonyl (C=O) groups excluding carboxylic acids is 1. The van der Waals surface area contributed by atoms with Crippen LogP contribution in [0, 0.1) is 5.41 Å². The Labute approximate surface area is 134 Å². The van der Waals surface area contributed by atoms with Crippen molar-refractivity contribution >= 4 is 23.1 Å². The van der Waals surface area contributed by atoms with Gasteiger partial charge in [0, 0.05) is 19.1 Å². The molecule has 4 nitrogen and oxygen atoms in total. The summed E-state index contributed by atoms with van der Waals surface area (Å²) in [4.78, 5) is 15.4. The number of likely N-dealkylation sites (N-methyl/N-ethyl adjacent to an activating group) is 1. The summed E-state index contributed by atoms with van der Waals surface area (Å²) >= 11 is 5.22. The Morgan fingerprint density at radius 1 is 1.29 bits per heavy atom. The molecule has 0 aliphatic heterocycles. The van der Waals surface area contributed by atoms with Gasteiger partial charge in [-0.15, -0.1) is 0 Å². The van der Waals surface area contributed by atoms with Gasteiger partial charge >= 0.3 is 0 Å². The maximum Gasteiger partial charge on any atom is 0.233 e. The normalized spacial score (nSPS) is 15.2. The van der Waals surface area contributed by atoms with Crippen LogP contribution in [-0.4, -0.2) is 41.5 Å². The summed E-state index contributed by atoms with van der Waals surface area (Å²) in [5, 5.41) is 3.07. The van der Waals surface area contributed by atoms with Crippen molar-refractivity contribution in [2.75, 3.05) is 19.6 Å². The molecule has 21 heavy (non-hydrogen) atoms. The highest BCUT2D eigenvalue weighted by atomic mass is 32.1. The van der Waals surface area contributed by atoms with Crippen LogP contribution in [0.15, 0.2) is 0 Å². The van der Waals surface area contributed by atoms with Crippen molar-refractivity contribution in [3.05, 3.63) is 0 Å². The second-order valence-corrected chi connectivity index (χ2v) is 6.50. The molecule has 0 aromatic carbocycles. The molecular formula is C16H31N3OS. The number of thiocarbonyl (C=S) groups is 1. The van der Waals surface area contributed by atoms with Gasteiger partial charge < -0.3 is 11.1 Å². The molecule has 0 aromatic rings. The van der Waals surface area contributed by atoms with Crippen molar-refractivity contribution in [3.8, 4) is 0 Å². The first-order chi connectivity index (χ1) is 10.0. The molecule has 5 heteroatoms. The summed E-state index contributed by atoms with van der Waals surface area (Å²) in [7, 11) is 0. The lowest BCUT2D eigenvalue weighted by Gasteiger charge is -2.31. The Bertz CT molecular complexity index is 349. The van der Waals surface area contributed by atoms with E-state index >= 15 is 0 Å². The Kier molecular flexibility index (Phi) is 7.60. The molecule has 0 unspecified atom stereocenters. The smallest absolute Gasteiger partial charge is 0.233 e. The lowest BCUT2D eigenvalue weighted by molar-refractivity contribution is -0.128. The number of hydrogen-bond acceptors (Lipinski definition) is 3. The lowest BCUT2D eigenvalue weighted by Crippen LogP contribution is -2.50. The van der Waals surface area contributed by atoms with E-state index in [1.54, 1.807) is 0 Å². The standard InChI is InChI=1S/C16H31N3OS/c1-4-9-16(10-5-2,14(17)21)15(20)18-11-12-19(6-3)13-7-8-13/h13H,4-12H2,1-3H3,(H2,17,21)(H,18,20). The largest absolute Gasteiger partial charge is 0.392 e. The third kappa shape index (κ3) is 4.92. The van der Waals surface area contributed by atoms with Gasteiger partial charge in [0.05, 0.1) is 10.4 Å². The molecule has 0 spiro atoms. The molecule has 1 fully saturated rings. The summed E-state index contributed by atoms with van der Waals surface area (Å²) in [5.74, 6) is 0.0190. The minimum Gasteiger partial charge on any atom is -0.392 e. The van der Waals surface area contributed by atoms with Crippen LogP contribution in [0.5, 0.6) is 0 Å². The van der Waals surface area contributed by atoms with E-state index in [9.17, 15) is 4.79 Å². The zero-order chi connectivity index (χ0) is 15.9. The summed E-state index contributed by atoms with van der Waals surface area (Å²) < 4.78 is 0. The van der Waals surface area contributed by atoms with Gasteiger partial charge in [-0.1, -0.05) is 45.8 Å². The fraction of sp³-hybridized carbons (Fsp3) is 0.875. The molecule has 3 N–H and O–H groups in total. The number of carbonyl (C=O) groups is 1. The molecule has 1 aliphatic rings. The van der Waals surface area contributed by atoms with Gasteiger partial charge in [0.2, 0.25) is 5.91 Å². The summed E-state index contributed by atoms with van der Waals surface area (Å²) in [6.45, 7) is 8.96. The quantitative estimate of drug-likeness (QED) is 0.575. The fourth-order valence-corrected chi connectivity index (χ4v) is 3.38. The van der Waals surface area contributed by atoms with E-state index in [2.05, 4.69) is 31.0 Å². The van der Waals surface area contributed by atoms with Crippen LogP contribution in [0.3, 0.4) is 0 Å². The molecule has 0 atom stereocenters. The van der Waals surface area contributed by atoms with Crippen molar-refractivity contribution < 1.29 is 4.79 Å². The minimum atomic E-state index is -0.657. The van der Waals surface area contributed by atoms with E-state index in [-0.39, 0.29) is 5.91 Å². The average Bonchev–Trinajstić information content (AvgIpc) is 3.27. The molecule has 1 amide bonds. The lowest BCUT2D eigenvalue weighted by atomic mass is 9.78. The van der Waals surface area contributed by atoms with Crippen molar-refractivity contribution in [2.24, 2.45) is 11.1 Å². The first kappa shape index (κ1) is 18.4. The van der Waals surface area contributed by atoms with Crippen LogP contribution in [-0.2, 0) is 4.79 Å². The Hall–Kier alpha value is -0.680. The maximum atomic E-state index is 12.6. The zero-order valence-corrected chi connectivity index (χ0v) is 14.6. The van der Waals surface area contributed by atoms with E-state index in [0.29, 0.717) is 11.5 Å². The first-order valence-electron chi connectivity index (χ1n) is 8.34. The van der Waals surface area contributed by atoms with Crippen molar-refractivity contribution in [3.63, 3.8) is 0 Å². The summed E-state index contributed by atoms with van der Waals surface area (Å²) in [6, 6.07) is 0.735. The van der Waals surface area contributed by atoms with Crippen LogP contribution in [0.2, 0.25) is 0 Å². The van der Waals surface area contributed by atoms with Gasteiger partial charge in [-0.05, 0) is 32.2 Å². The number of hydrogen-bond donors (Lipinski definition) is 2. The Morgan fingerprint density at radius 2 is 1.86 bits per heavy atom. The highest BCUT2D eigenvalue weighted by Crippen LogP contribution is 2.31. The molecule has 1 saturated carbocycles. The summed E-state index contributed by atoms with van der Waals surface area (Å²) in [6.07, 6.45) is 5.89. The van der Waals surface area contributed by atoms with Crippen molar-refractivity contribution in [1.29, 1.82) is 0 Å². The molecule has 1 aliphatic carbocycles. The first-order valence-corrected chi connectivity index (χ1v) is 8.74. The van der Waals surface area contributed by atoms with E-state index < -0.39 is 5.41 Å². The van der Waals surface area contributed by atoms with Gasteiger partial charge in [0.1, 0.15) is 0 Å². The monoisotopic (exact) mass is 313 g/mol. The Balaban J connectivity index is 2.56. The molecule has 122 valence electrons. The number of amides is 1. The number of nitrogens with zero attached hydrogens (tertiary/aromatic N) is 1. The van der Waals surface area contributed by atoms with E-state index in [4.69, 9.17) is 18.0 Å². The number of nitrogens with one attached hydrogen (secondary N) is 1. The van der Waals surface area contributed by atoms with Gasteiger partial charge in [-0.25, -0.2) is 0 Å². The molecule has 0 radical (unpaired) electrons. The van der Waals surface area contributed by atoms with Gasteiger partial charge in [0.15, 0.2) is 0 Å². The highest BCUT2D eigenvalue weighted by molar-refractivity contribution is 7.80. The molecule has 0 bridgehead atoms. The second-order valence-electron chi connectivity index (χ2n) is 6.06. The minimum absolute atomic E-state index is 0.0190. The van der Waals surface area contributed by atoms with Crippen LogP contribution in [0.1, 0.15) is 59.3 Å². The van der Waals surface area contributed by atoms with Gasteiger partial charge in [0.25, 0.3) is 0 Å². The highest BCUT2D eigenvalue weighted by Gasteiger charge is 2.39. The van der Waals surface area contributed by atoms with Crippen LogP contribution >= 0.6 is 12.2 Å². The van der Waals surface area contributed by atoms with Crippen LogP contribution < -0.4 is 11.1 Å². The predicted octanol–water partition coefficient (Wildman–Crippen LogP) is 2.46. The number of rotatable bonds is 11. The van der Waals surface area contributed by atoms with E-state index in [0.717, 1.165) is 44.8 Å². The zero-order valence-electron chi connectivity index (χ0n) is 13.8.